The molecule has 1 amide bonds. The smallest absolute Gasteiger partial charge is 0.408 e. The number of rotatable bonds is 7. The molecule has 3 unspecified atom stereocenters. The van der Waals surface area contributed by atoms with Crippen LogP contribution in [0.1, 0.15) is 32.1 Å². The standard InChI is InChI=1S/C14H22N2O4/c15-6-2-1-3-11(13(17)18)16-14(19)20-12-8-9-4-5-10(12)7-9/h4-5,9-12H,1-3,6-8,15H2,(H,16,19)(H,17,18)/t9?,10?,11-,12?/m0/s1. The van der Waals surface area contributed by atoms with Crippen molar-refractivity contribution in [1.29, 1.82) is 0 Å². The molecule has 4 atom stereocenters. The van der Waals surface area contributed by atoms with Crippen molar-refractivity contribution in [3.8, 4) is 0 Å². The van der Waals surface area contributed by atoms with Crippen molar-refractivity contribution in [3.63, 3.8) is 0 Å². The van der Waals surface area contributed by atoms with Gasteiger partial charge >= 0.3 is 12.1 Å². The van der Waals surface area contributed by atoms with Gasteiger partial charge < -0.3 is 20.9 Å². The van der Waals surface area contributed by atoms with Gasteiger partial charge in [0, 0.05) is 5.92 Å². The van der Waals surface area contributed by atoms with Crippen LogP contribution in [0.25, 0.3) is 0 Å². The fraction of sp³-hybridized carbons (Fsp3) is 0.714. The number of aliphatic carboxylic acids is 1. The highest BCUT2D eigenvalue weighted by atomic mass is 16.6. The Kier molecular flexibility index (Phi) is 5.00. The number of carbonyl (C=O) groups is 2. The number of amides is 1. The fourth-order valence-corrected chi connectivity index (χ4v) is 2.93. The van der Waals surface area contributed by atoms with Crippen LogP contribution in [0.2, 0.25) is 0 Å². The van der Waals surface area contributed by atoms with Crippen LogP contribution in [-0.2, 0) is 9.53 Å². The van der Waals surface area contributed by atoms with Gasteiger partial charge in [0.15, 0.2) is 0 Å². The van der Waals surface area contributed by atoms with Crippen LogP contribution in [0.5, 0.6) is 0 Å². The highest BCUT2D eigenvalue weighted by Crippen LogP contribution is 2.40. The van der Waals surface area contributed by atoms with Crippen molar-refractivity contribution in [2.45, 2.75) is 44.2 Å². The lowest BCUT2D eigenvalue weighted by molar-refractivity contribution is -0.139. The molecule has 2 aliphatic carbocycles. The van der Waals surface area contributed by atoms with E-state index in [9.17, 15) is 9.59 Å². The summed E-state index contributed by atoms with van der Waals surface area (Å²) in [6, 6.07) is -0.900. The predicted octanol–water partition coefficient (Wildman–Crippen LogP) is 1.26. The molecule has 0 aromatic rings. The summed E-state index contributed by atoms with van der Waals surface area (Å²) in [5.41, 5.74) is 5.37. The zero-order chi connectivity index (χ0) is 14.5. The van der Waals surface area contributed by atoms with Crippen LogP contribution in [0.3, 0.4) is 0 Å². The van der Waals surface area contributed by atoms with Gasteiger partial charge in [-0.25, -0.2) is 9.59 Å². The molecule has 0 spiro atoms. The molecule has 1 saturated carbocycles. The Morgan fingerprint density at radius 1 is 1.35 bits per heavy atom. The Hall–Kier alpha value is -1.56. The second-order valence-electron chi connectivity index (χ2n) is 5.54. The Morgan fingerprint density at radius 2 is 2.15 bits per heavy atom. The number of fused-ring (bicyclic) bond motifs is 2. The van der Waals surface area contributed by atoms with Crippen LogP contribution >= 0.6 is 0 Å². The summed E-state index contributed by atoms with van der Waals surface area (Å²) in [4.78, 5) is 22.9. The summed E-state index contributed by atoms with van der Waals surface area (Å²) in [7, 11) is 0. The van der Waals surface area contributed by atoms with Crippen molar-refractivity contribution < 1.29 is 19.4 Å². The third-order valence-electron chi connectivity index (χ3n) is 4.01. The number of hydrogen-bond acceptors (Lipinski definition) is 4. The molecule has 0 heterocycles. The molecule has 0 radical (unpaired) electrons. The maximum Gasteiger partial charge on any atom is 0.408 e. The zero-order valence-electron chi connectivity index (χ0n) is 11.5. The highest BCUT2D eigenvalue weighted by molar-refractivity contribution is 5.79. The quantitative estimate of drug-likeness (QED) is 0.482. The lowest BCUT2D eigenvalue weighted by Crippen LogP contribution is -2.42. The van der Waals surface area contributed by atoms with Gasteiger partial charge in [0.2, 0.25) is 0 Å². The van der Waals surface area contributed by atoms with E-state index in [-0.39, 0.29) is 6.10 Å². The number of hydrogen-bond donors (Lipinski definition) is 3. The Bertz CT molecular complexity index is 397. The van der Waals surface area contributed by atoms with E-state index < -0.39 is 18.1 Å². The molecule has 0 saturated heterocycles. The maximum atomic E-state index is 11.8. The van der Waals surface area contributed by atoms with Crippen molar-refractivity contribution >= 4 is 12.1 Å². The molecule has 6 nitrogen and oxygen atoms in total. The van der Waals surface area contributed by atoms with E-state index >= 15 is 0 Å². The normalized spacial score (nSPS) is 28.4. The summed E-state index contributed by atoms with van der Waals surface area (Å²) in [5.74, 6) is -0.226. The number of unbranched alkanes of at least 4 members (excludes halogenated alkanes) is 1. The Balaban J connectivity index is 1.76. The molecule has 0 aromatic heterocycles. The molecule has 112 valence electrons. The number of allylic oxidation sites excluding steroid dienone is 1. The van der Waals surface area contributed by atoms with E-state index in [1.54, 1.807) is 0 Å². The van der Waals surface area contributed by atoms with Crippen molar-refractivity contribution in [2.24, 2.45) is 17.6 Å². The van der Waals surface area contributed by atoms with E-state index in [0.717, 1.165) is 19.3 Å². The number of carboxylic acids is 1. The number of nitrogens with two attached hydrogens (primary N) is 1. The first-order valence-corrected chi connectivity index (χ1v) is 7.18. The minimum Gasteiger partial charge on any atom is -0.480 e. The molecule has 2 aliphatic rings. The fourth-order valence-electron chi connectivity index (χ4n) is 2.93. The summed E-state index contributed by atoms with van der Waals surface area (Å²) in [6.45, 7) is 0.522. The minimum absolute atomic E-state index is 0.108. The van der Waals surface area contributed by atoms with E-state index in [4.69, 9.17) is 15.6 Å². The van der Waals surface area contributed by atoms with Crippen molar-refractivity contribution in [2.75, 3.05) is 6.54 Å². The number of carboxylic acid groups (broad SMARTS) is 1. The lowest BCUT2D eigenvalue weighted by atomic mass is 10.0. The number of ether oxygens (including phenoxy) is 1. The number of nitrogens with one attached hydrogen (secondary N) is 1. The molecule has 0 aromatic carbocycles. The second-order valence-corrected chi connectivity index (χ2v) is 5.54. The van der Waals surface area contributed by atoms with Gasteiger partial charge in [-0.2, -0.15) is 0 Å². The van der Waals surface area contributed by atoms with Gasteiger partial charge in [-0.15, -0.1) is 0 Å². The molecular weight excluding hydrogens is 260 g/mol. The second kappa shape index (κ2) is 6.74. The maximum absolute atomic E-state index is 11.8. The highest BCUT2D eigenvalue weighted by Gasteiger charge is 2.38. The molecule has 0 aliphatic heterocycles. The summed E-state index contributed by atoms with van der Waals surface area (Å²) in [5, 5.41) is 11.5. The largest absolute Gasteiger partial charge is 0.480 e. The number of carbonyl (C=O) groups excluding carboxylic acids is 1. The van der Waals surface area contributed by atoms with E-state index in [0.29, 0.717) is 31.2 Å². The summed E-state index contributed by atoms with van der Waals surface area (Å²) in [6.07, 6.45) is 7.19. The monoisotopic (exact) mass is 282 g/mol. The van der Waals surface area contributed by atoms with Crippen LogP contribution in [0.15, 0.2) is 12.2 Å². The van der Waals surface area contributed by atoms with Gasteiger partial charge in [-0.1, -0.05) is 12.2 Å². The molecule has 2 bridgehead atoms. The first-order chi connectivity index (χ1) is 9.60. The first kappa shape index (κ1) is 14.8. The van der Waals surface area contributed by atoms with Gasteiger partial charge in [0.05, 0.1) is 0 Å². The van der Waals surface area contributed by atoms with Crippen molar-refractivity contribution in [1.82, 2.24) is 5.32 Å². The third-order valence-corrected chi connectivity index (χ3v) is 4.01. The van der Waals surface area contributed by atoms with Crippen LogP contribution in [0.4, 0.5) is 4.79 Å². The lowest BCUT2D eigenvalue weighted by Gasteiger charge is -2.21. The van der Waals surface area contributed by atoms with Gasteiger partial charge in [-0.05, 0) is 44.6 Å². The van der Waals surface area contributed by atoms with E-state index in [1.807, 2.05) is 0 Å². The van der Waals surface area contributed by atoms with Crippen LogP contribution in [-0.4, -0.2) is 35.9 Å². The average molecular weight is 282 g/mol. The molecule has 1 fully saturated rings. The average Bonchev–Trinajstić information content (AvgIpc) is 2.99. The third kappa shape index (κ3) is 3.72. The topological polar surface area (TPSA) is 102 Å². The Labute approximate surface area is 118 Å². The Morgan fingerprint density at radius 3 is 2.70 bits per heavy atom. The zero-order valence-corrected chi connectivity index (χ0v) is 11.5. The molecule has 4 N–H and O–H groups in total. The van der Waals surface area contributed by atoms with E-state index in [1.165, 1.54) is 0 Å². The SMILES string of the molecule is NCCCC[C@H](NC(=O)OC1CC2C=CC1C2)C(=O)O. The molecule has 6 heteroatoms. The molecule has 2 rings (SSSR count). The van der Waals surface area contributed by atoms with Gasteiger partial charge in [0.1, 0.15) is 12.1 Å². The van der Waals surface area contributed by atoms with Crippen LogP contribution < -0.4 is 11.1 Å². The number of alkyl carbamates (subject to hydrolysis) is 1. The molecule has 20 heavy (non-hydrogen) atoms. The summed E-state index contributed by atoms with van der Waals surface area (Å²) >= 11 is 0. The van der Waals surface area contributed by atoms with Gasteiger partial charge in [0.25, 0.3) is 0 Å². The minimum atomic E-state index is -1.04. The summed E-state index contributed by atoms with van der Waals surface area (Å²) < 4.78 is 5.34. The predicted molar refractivity (Wildman–Crippen MR) is 73.1 cm³/mol. The van der Waals surface area contributed by atoms with Gasteiger partial charge in [-0.3, -0.25) is 0 Å². The molecular formula is C14H22N2O4. The van der Waals surface area contributed by atoms with Crippen molar-refractivity contribution in [3.05, 3.63) is 12.2 Å². The van der Waals surface area contributed by atoms with Crippen LogP contribution in [0, 0.1) is 11.8 Å². The first-order valence-electron chi connectivity index (χ1n) is 7.18. The van der Waals surface area contributed by atoms with E-state index in [2.05, 4.69) is 17.5 Å².